The molecule has 64 valence electrons. The Morgan fingerprint density at radius 3 is 3.08 bits per heavy atom. The smallest absolute Gasteiger partial charge is 0.407 e. The van der Waals surface area contributed by atoms with Gasteiger partial charge >= 0.3 is 6.09 Å². The van der Waals surface area contributed by atoms with Gasteiger partial charge in [0.05, 0.1) is 25.5 Å². The molecule has 1 aromatic rings. The molecule has 1 aromatic heterocycles. The Balaban J connectivity index is 2.38. The van der Waals surface area contributed by atoms with E-state index in [2.05, 4.69) is 20.0 Å². The van der Waals surface area contributed by atoms with E-state index >= 15 is 0 Å². The normalized spacial score (nSPS) is 9.08. The lowest BCUT2D eigenvalue weighted by atomic mass is 10.4. The Morgan fingerprint density at radius 2 is 2.50 bits per heavy atom. The summed E-state index contributed by atoms with van der Waals surface area (Å²) in [5.74, 6) is 0. The van der Waals surface area contributed by atoms with E-state index in [9.17, 15) is 4.79 Å². The van der Waals surface area contributed by atoms with Crippen LogP contribution in [0.15, 0.2) is 18.6 Å². The zero-order chi connectivity index (χ0) is 8.81. The minimum absolute atomic E-state index is 0.334. The number of nitrogens with zero attached hydrogens (tertiary/aromatic N) is 2. The van der Waals surface area contributed by atoms with Crippen LogP contribution in [0.5, 0.6) is 0 Å². The molecule has 12 heavy (non-hydrogen) atoms. The third-order valence-corrected chi connectivity index (χ3v) is 1.22. The maximum atomic E-state index is 10.6. The Kier molecular flexibility index (Phi) is 3.01. The van der Waals surface area contributed by atoms with Gasteiger partial charge in [-0.05, 0) is 0 Å². The standard InChI is InChI=1S/C7H9N3O2/c1-12-7(11)10-5-6-4-8-2-3-9-6/h2-4H,5H2,1H3,(H,10,11). The summed E-state index contributed by atoms with van der Waals surface area (Å²) in [5.41, 5.74) is 0.697. The number of carbonyl (C=O) groups is 1. The fraction of sp³-hybridized carbons (Fsp3) is 0.286. The van der Waals surface area contributed by atoms with Crippen molar-refractivity contribution in [3.8, 4) is 0 Å². The molecule has 0 aliphatic rings. The van der Waals surface area contributed by atoms with Crippen molar-refractivity contribution in [1.82, 2.24) is 15.3 Å². The molecular weight excluding hydrogens is 158 g/mol. The summed E-state index contributed by atoms with van der Waals surface area (Å²) < 4.78 is 4.37. The Labute approximate surface area is 69.8 Å². The summed E-state index contributed by atoms with van der Waals surface area (Å²) in [6.45, 7) is 0.334. The Hall–Kier alpha value is -1.65. The lowest BCUT2D eigenvalue weighted by molar-refractivity contribution is 0.170. The SMILES string of the molecule is COC(=O)NCc1cnccn1. The Bertz CT molecular complexity index is 250. The average Bonchev–Trinajstić information content (AvgIpc) is 2.16. The third-order valence-electron chi connectivity index (χ3n) is 1.22. The monoisotopic (exact) mass is 167 g/mol. The first-order valence-electron chi connectivity index (χ1n) is 3.39. The van der Waals surface area contributed by atoms with Gasteiger partial charge in [0.15, 0.2) is 0 Å². The van der Waals surface area contributed by atoms with Crippen LogP contribution in [0.2, 0.25) is 0 Å². The topological polar surface area (TPSA) is 64.1 Å². The minimum Gasteiger partial charge on any atom is -0.453 e. The molecular formula is C7H9N3O2. The summed E-state index contributed by atoms with van der Waals surface area (Å²) >= 11 is 0. The molecule has 0 saturated carbocycles. The average molecular weight is 167 g/mol. The first-order chi connectivity index (χ1) is 5.83. The van der Waals surface area contributed by atoms with Crippen molar-refractivity contribution < 1.29 is 9.53 Å². The molecule has 0 unspecified atom stereocenters. The van der Waals surface area contributed by atoms with Crippen LogP contribution in [-0.4, -0.2) is 23.2 Å². The van der Waals surface area contributed by atoms with Crippen LogP contribution in [0.1, 0.15) is 5.69 Å². The fourth-order valence-electron chi connectivity index (χ4n) is 0.656. The second kappa shape index (κ2) is 4.27. The lowest BCUT2D eigenvalue weighted by Crippen LogP contribution is -2.22. The van der Waals surface area contributed by atoms with E-state index < -0.39 is 6.09 Å². The van der Waals surface area contributed by atoms with Crippen LogP contribution in [0.3, 0.4) is 0 Å². The summed E-state index contributed by atoms with van der Waals surface area (Å²) in [6, 6.07) is 0. The predicted octanol–water partition coefficient (Wildman–Crippen LogP) is 0.333. The second-order valence-electron chi connectivity index (χ2n) is 2.04. The van der Waals surface area contributed by atoms with E-state index in [1.54, 1.807) is 18.6 Å². The highest BCUT2D eigenvalue weighted by Gasteiger charge is 1.98. The number of aromatic nitrogens is 2. The van der Waals surface area contributed by atoms with E-state index in [4.69, 9.17) is 0 Å². The van der Waals surface area contributed by atoms with Crippen molar-refractivity contribution in [2.75, 3.05) is 7.11 Å². The number of hydrogen-bond donors (Lipinski definition) is 1. The maximum absolute atomic E-state index is 10.6. The molecule has 0 aromatic carbocycles. The van der Waals surface area contributed by atoms with Gasteiger partial charge in [0, 0.05) is 12.4 Å². The van der Waals surface area contributed by atoms with Gasteiger partial charge in [0.25, 0.3) is 0 Å². The molecule has 0 aliphatic carbocycles. The second-order valence-corrected chi connectivity index (χ2v) is 2.04. The molecule has 0 bridgehead atoms. The number of rotatable bonds is 2. The largest absolute Gasteiger partial charge is 0.453 e. The van der Waals surface area contributed by atoms with Gasteiger partial charge in [-0.3, -0.25) is 9.97 Å². The van der Waals surface area contributed by atoms with E-state index in [1.165, 1.54) is 7.11 Å². The van der Waals surface area contributed by atoms with Gasteiger partial charge < -0.3 is 10.1 Å². The number of amides is 1. The molecule has 1 heterocycles. The summed E-state index contributed by atoms with van der Waals surface area (Å²) in [5, 5.41) is 2.48. The highest BCUT2D eigenvalue weighted by molar-refractivity contribution is 5.66. The molecule has 0 spiro atoms. The molecule has 0 radical (unpaired) electrons. The number of methoxy groups -OCH3 is 1. The van der Waals surface area contributed by atoms with E-state index in [0.29, 0.717) is 12.2 Å². The molecule has 1 N–H and O–H groups in total. The van der Waals surface area contributed by atoms with E-state index in [0.717, 1.165) is 0 Å². The van der Waals surface area contributed by atoms with Gasteiger partial charge in [-0.15, -0.1) is 0 Å². The molecule has 0 aliphatic heterocycles. The number of hydrogen-bond acceptors (Lipinski definition) is 4. The van der Waals surface area contributed by atoms with Crippen LogP contribution in [0, 0.1) is 0 Å². The molecule has 5 heteroatoms. The van der Waals surface area contributed by atoms with Gasteiger partial charge in [-0.2, -0.15) is 0 Å². The quantitative estimate of drug-likeness (QED) is 0.689. The molecule has 0 saturated heterocycles. The van der Waals surface area contributed by atoms with Crippen LogP contribution < -0.4 is 5.32 Å². The summed E-state index contributed by atoms with van der Waals surface area (Å²) in [6.07, 6.45) is 4.24. The van der Waals surface area contributed by atoms with Gasteiger partial charge in [-0.1, -0.05) is 0 Å². The van der Waals surface area contributed by atoms with Crippen molar-refractivity contribution in [3.63, 3.8) is 0 Å². The molecule has 1 amide bonds. The first kappa shape index (κ1) is 8.45. The van der Waals surface area contributed by atoms with Gasteiger partial charge in [-0.25, -0.2) is 4.79 Å². The number of alkyl carbamates (subject to hydrolysis) is 1. The zero-order valence-electron chi connectivity index (χ0n) is 6.65. The van der Waals surface area contributed by atoms with Crippen LogP contribution in [-0.2, 0) is 11.3 Å². The highest BCUT2D eigenvalue weighted by atomic mass is 16.5. The molecule has 5 nitrogen and oxygen atoms in total. The van der Waals surface area contributed by atoms with Gasteiger partial charge in [0.1, 0.15) is 0 Å². The molecule has 0 fully saturated rings. The minimum atomic E-state index is -0.472. The highest BCUT2D eigenvalue weighted by Crippen LogP contribution is 1.88. The Morgan fingerprint density at radius 1 is 1.67 bits per heavy atom. The van der Waals surface area contributed by atoms with Crippen LogP contribution >= 0.6 is 0 Å². The van der Waals surface area contributed by atoms with Crippen molar-refractivity contribution in [3.05, 3.63) is 24.3 Å². The van der Waals surface area contributed by atoms with Crippen molar-refractivity contribution in [2.45, 2.75) is 6.54 Å². The summed E-state index contributed by atoms with van der Waals surface area (Å²) in [7, 11) is 1.31. The number of carbonyl (C=O) groups excluding carboxylic acids is 1. The molecule has 0 atom stereocenters. The van der Waals surface area contributed by atoms with Crippen molar-refractivity contribution in [2.24, 2.45) is 0 Å². The summed E-state index contributed by atoms with van der Waals surface area (Å²) in [4.78, 5) is 18.4. The fourth-order valence-corrected chi connectivity index (χ4v) is 0.656. The third kappa shape index (κ3) is 2.53. The van der Waals surface area contributed by atoms with E-state index in [1.807, 2.05) is 0 Å². The molecule has 1 rings (SSSR count). The van der Waals surface area contributed by atoms with Crippen LogP contribution in [0.4, 0.5) is 4.79 Å². The van der Waals surface area contributed by atoms with Gasteiger partial charge in [0.2, 0.25) is 0 Å². The van der Waals surface area contributed by atoms with Crippen molar-refractivity contribution >= 4 is 6.09 Å². The van der Waals surface area contributed by atoms with Crippen LogP contribution in [0.25, 0.3) is 0 Å². The first-order valence-corrected chi connectivity index (χ1v) is 3.39. The van der Waals surface area contributed by atoms with Crippen molar-refractivity contribution in [1.29, 1.82) is 0 Å². The number of ether oxygens (including phenoxy) is 1. The predicted molar refractivity (Wildman–Crippen MR) is 41.3 cm³/mol. The van der Waals surface area contributed by atoms with E-state index in [-0.39, 0.29) is 0 Å². The lowest BCUT2D eigenvalue weighted by Gasteiger charge is -2.01. The maximum Gasteiger partial charge on any atom is 0.407 e. The number of nitrogens with one attached hydrogen (secondary N) is 1. The zero-order valence-corrected chi connectivity index (χ0v) is 6.65.